The summed E-state index contributed by atoms with van der Waals surface area (Å²) < 4.78 is 0. The van der Waals surface area contributed by atoms with Crippen molar-refractivity contribution in [3.63, 3.8) is 0 Å². The smallest absolute Gasteiger partial charge is 0.0998 e. The minimum Gasteiger partial charge on any atom is -0.192 e. The normalized spacial score (nSPS) is 12.2. The minimum absolute atomic E-state index is 0.680. The Bertz CT molecular complexity index is 3890. The van der Waals surface area contributed by atoms with E-state index in [2.05, 4.69) is 170 Å². The van der Waals surface area contributed by atoms with Crippen molar-refractivity contribution in [2.45, 2.75) is 0 Å². The van der Waals surface area contributed by atoms with Crippen molar-refractivity contribution in [1.29, 1.82) is 10.5 Å². The summed E-state index contributed by atoms with van der Waals surface area (Å²) in [6.07, 6.45) is 0. The van der Waals surface area contributed by atoms with Crippen LogP contribution in [0, 0.1) is 22.7 Å². The average molecular weight is 779 g/mol. The van der Waals surface area contributed by atoms with Crippen molar-refractivity contribution in [3.8, 4) is 78.9 Å². The van der Waals surface area contributed by atoms with Gasteiger partial charge in [-0.15, -0.1) is 0 Å². The largest absolute Gasteiger partial charge is 0.192 e. The van der Waals surface area contributed by atoms with Gasteiger partial charge in [-0.1, -0.05) is 158 Å². The molecule has 0 unspecified atom stereocenters. The van der Waals surface area contributed by atoms with Crippen molar-refractivity contribution in [2.24, 2.45) is 0 Å². The molecule has 12 aromatic carbocycles. The molecule has 0 saturated carbocycles. The summed E-state index contributed by atoms with van der Waals surface area (Å²) in [4.78, 5) is 0. The summed E-state index contributed by atoms with van der Waals surface area (Å²) in [6, 6.07) is 71.0. The van der Waals surface area contributed by atoms with Gasteiger partial charge in [0.15, 0.2) is 0 Å². The van der Waals surface area contributed by atoms with E-state index in [4.69, 9.17) is 0 Å². The molecule has 0 atom stereocenters. The number of hydrogen-bond acceptors (Lipinski definition) is 2. The molecule has 0 spiro atoms. The summed E-state index contributed by atoms with van der Waals surface area (Å²) in [5.41, 5.74) is 16.0. The molecule has 280 valence electrons. The molecule has 0 aliphatic heterocycles. The lowest BCUT2D eigenvalue weighted by molar-refractivity contribution is 1.50. The molecule has 0 bridgehead atoms. The molecule has 2 nitrogen and oxygen atoms in total. The maximum absolute atomic E-state index is 10.2. The average Bonchev–Trinajstić information content (AvgIpc) is 3.83. The Labute approximate surface area is 356 Å². The van der Waals surface area contributed by atoms with Gasteiger partial charge in [-0.2, -0.15) is 10.5 Å². The molecule has 2 aliphatic carbocycles. The summed E-state index contributed by atoms with van der Waals surface area (Å²) in [6.45, 7) is 0. The lowest BCUT2D eigenvalue weighted by Crippen LogP contribution is -1.94. The molecule has 0 fully saturated rings. The second kappa shape index (κ2) is 12.0. The highest BCUT2D eigenvalue weighted by Crippen LogP contribution is 2.58. The maximum Gasteiger partial charge on any atom is 0.0998 e. The predicted octanol–water partition coefficient (Wildman–Crippen LogP) is 16.1. The fourth-order valence-electron chi connectivity index (χ4n) is 11.5. The SMILES string of the molecule is N#Cc1ccc(-c2c3c(cc4c2ccc2c5cc6c(c(-c7ccc(C#N)c8ccccc78)c5ccc42)-c2cccc4cccc-6c24)-c2cccc4cccc-3c24)c2ccccc12. The van der Waals surface area contributed by atoms with Gasteiger partial charge in [0, 0.05) is 10.8 Å². The molecule has 0 amide bonds. The van der Waals surface area contributed by atoms with Crippen LogP contribution >= 0.6 is 0 Å². The highest BCUT2D eigenvalue weighted by Gasteiger charge is 2.30. The molecule has 2 aliphatic rings. The molecule has 62 heavy (non-hydrogen) atoms. The first-order valence-electron chi connectivity index (χ1n) is 21.1. The summed E-state index contributed by atoms with van der Waals surface area (Å²) in [5, 5.41) is 36.7. The van der Waals surface area contributed by atoms with Crippen LogP contribution in [0.5, 0.6) is 0 Å². The van der Waals surface area contributed by atoms with Gasteiger partial charge < -0.3 is 0 Å². The Kier molecular flexibility index (Phi) is 6.45. The van der Waals surface area contributed by atoms with E-state index in [-0.39, 0.29) is 0 Å². The van der Waals surface area contributed by atoms with Crippen molar-refractivity contribution in [3.05, 3.63) is 193 Å². The standard InChI is InChI=1S/C60H30N2/c61-31-35-21-23-45(39-15-3-1-13-37(35)39)57-47-27-25-42-41(51(47)29-53-43-17-5-9-33-11-7-19-49(55(33)43)59(53)57)26-28-48-52(42)30-54-44-18-6-10-34-12-8-20-50(56(34)44)60(54)58(48)46-24-22-36(32-62)38-14-2-4-16-40(38)46/h1-30H. The lowest BCUT2D eigenvalue weighted by Gasteiger charge is -2.20. The Morgan fingerprint density at radius 1 is 0.242 bits per heavy atom. The van der Waals surface area contributed by atoms with Gasteiger partial charge in [0.05, 0.1) is 23.3 Å². The number of rotatable bonds is 2. The zero-order valence-corrected chi connectivity index (χ0v) is 33.2. The number of hydrogen-bond donors (Lipinski definition) is 0. The fourth-order valence-corrected chi connectivity index (χ4v) is 11.5. The van der Waals surface area contributed by atoms with Gasteiger partial charge in [0.1, 0.15) is 0 Å². The van der Waals surface area contributed by atoms with Crippen LogP contribution in [0.2, 0.25) is 0 Å². The van der Waals surface area contributed by atoms with Gasteiger partial charge in [-0.3, -0.25) is 0 Å². The van der Waals surface area contributed by atoms with Gasteiger partial charge >= 0.3 is 0 Å². The van der Waals surface area contributed by atoms with Crippen molar-refractivity contribution in [2.75, 3.05) is 0 Å². The summed E-state index contributed by atoms with van der Waals surface area (Å²) in [5.74, 6) is 0. The monoisotopic (exact) mass is 778 g/mol. The predicted molar refractivity (Wildman–Crippen MR) is 258 cm³/mol. The third kappa shape index (κ3) is 4.16. The van der Waals surface area contributed by atoms with Gasteiger partial charge in [0.2, 0.25) is 0 Å². The molecule has 0 radical (unpaired) electrons. The van der Waals surface area contributed by atoms with Crippen LogP contribution in [-0.4, -0.2) is 0 Å². The molecular formula is C60H30N2. The van der Waals surface area contributed by atoms with Crippen LogP contribution in [0.4, 0.5) is 0 Å². The Morgan fingerprint density at radius 3 is 1.05 bits per heavy atom. The van der Waals surface area contributed by atoms with Crippen LogP contribution in [0.1, 0.15) is 11.1 Å². The molecular weight excluding hydrogens is 749 g/mol. The highest BCUT2D eigenvalue weighted by atomic mass is 14.3. The quantitative estimate of drug-likeness (QED) is 0.164. The van der Waals surface area contributed by atoms with E-state index in [1.165, 1.54) is 109 Å². The van der Waals surface area contributed by atoms with E-state index in [0.29, 0.717) is 11.1 Å². The van der Waals surface area contributed by atoms with E-state index in [9.17, 15) is 10.5 Å². The molecule has 14 rings (SSSR count). The molecule has 0 saturated heterocycles. The van der Waals surface area contributed by atoms with Gasteiger partial charge in [-0.25, -0.2) is 0 Å². The van der Waals surface area contributed by atoms with Crippen LogP contribution in [0.15, 0.2) is 182 Å². The van der Waals surface area contributed by atoms with E-state index in [0.717, 1.165) is 32.7 Å². The third-order valence-electron chi connectivity index (χ3n) is 14.0. The van der Waals surface area contributed by atoms with Crippen molar-refractivity contribution >= 4 is 75.4 Å². The summed E-state index contributed by atoms with van der Waals surface area (Å²) >= 11 is 0. The minimum atomic E-state index is 0.680. The van der Waals surface area contributed by atoms with Gasteiger partial charge in [-0.05, 0) is 156 Å². The van der Waals surface area contributed by atoms with Crippen molar-refractivity contribution < 1.29 is 0 Å². The molecule has 12 aromatic rings. The summed E-state index contributed by atoms with van der Waals surface area (Å²) in [7, 11) is 0. The zero-order valence-electron chi connectivity index (χ0n) is 33.2. The van der Waals surface area contributed by atoms with E-state index < -0.39 is 0 Å². The second-order valence-corrected chi connectivity index (χ2v) is 16.8. The molecule has 0 aromatic heterocycles. The number of nitriles is 2. The highest BCUT2D eigenvalue weighted by molar-refractivity contribution is 6.31. The van der Waals surface area contributed by atoms with Crippen LogP contribution < -0.4 is 0 Å². The third-order valence-corrected chi connectivity index (χ3v) is 14.0. The van der Waals surface area contributed by atoms with Crippen LogP contribution in [0.25, 0.3) is 142 Å². The first-order chi connectivity index (χ1) is 30.7. The Balaban J connectivity index is 1.15. The number of fused-ring (bicyclic) bond motifs is 13. The zero-order chi connectivity index (χ0) is 40.8. The van der Waals surface area contributed by atoms with E-state index in [1.807, 2.05) is 24.3 Å². The molecule has 2 heteroatoms. The first-order valence-corrected chi connectivity index (χ1v) is 21.1. The topological polar surface area (TPSA) is 47.6 Å². The molecule has 0 heterocycles. The van der Waals surface area contributed by atoms with Crippen molar-refractivity contribution in [1.82, 2.24) is 0 Å². The Hall–Kier alpha value is -8.56. The molecule has 0 N–H and O–H groups in total. The van der Waals surface area contributed by atoms with Gasteiger partial charge in [0.25, 0.3) is 0 Å². The Morgan fingerprint density at radius 2 is 0.629 bits per heavy atom. The first kappa shape index (κ1) is 33.3. The van der Waals surface area contributed by atoms with Crippen LogP contribution in [-0.2, 0) is 0 Å². The second-order valence-electron chi connectivity index (χ2n) is 16.8. The van der Waals surface area contributed by atoms with E-state index in [1.54, 1.807) is 0 Å². The van der Waals surface area contributed by atoms with E-state index >= 15 is 0 Å². The number of benzene rings is 12. The lowest BCUT2D eigenvalue weighted by atomic mass is 9.82. The number of nitrogens with zero attached hydrogens (tertiary/aromatic N) is 2. The van der Waals surface area contributed by atoms with Crippen LogP contribution in [0.3, 0.4) is 0 Å². The fraction of sp³-hybridized carbons (Fsp3) is 0. The maximum atomic E-state index is 10.2.